The lowest BCUT2D eigenvalue weighted by atomic mass is 10.0. The van der Waals surface area contributed by atoms with Crippen LogP contribution in [0.3, 0.4) is 0 Å². The Morgan fingerprint density at radius 1 is 1.44 bits per heavy atom. The van der Waals surface area contributed by atoms with Crippen LogP contribution in [-0.2, 0) is 0 Å². The van der Waals surface area contributed by atoms with Gasteiger partial charge in [-0.1, -0.05) is 6.07 Å². The van der Waals surface area contributed by atoms with Crippen LogP contribution in [0.1, 0.15) is 31.1 Å². The zero-order valence-electron chi connectivity index (χ0n) is 11.7. The van der Waals surface area contributed by atoms with E-state index in [0.717, 1.165) is 5.69 Å². The fourth-order valence-corrected chi connectivity index (χ4v) is 1.76. The van der Waals surface area contributed by atoms with E-state index in [2.05, 4.69) is 0 Å². The summed E-state index contributed by atoms with van der Waals surface area (Å²) in [7, 11) is 3.40. The summed E-state index contributed by atoms with van der Waals surface area (Å²) in [5.74, 6) is 0.503. The zero-order chi connectivity index (χ0) is 13.9. The largest absolute Gasteiger partial charge is 0.496 e. The molecular weight excluding hydrogens is 230 g/mol. The average Bonchev–Trinajstić information content (AvgIpc) is 2.36. The molecule has 1 aromatic carbocycles. The number of rotatable bonds is 5. The van der Waals surface area contributed by atoms with E-state index in [1.807, 2.05) is 37.9 Å². The van der Waals surface area contributed by atoms with E-state index < -0.39 is 5.54 Å². The fourth-order valence-electron chi connectivity index (χ4n) is 1.76. The second-order valence-corrected chi connectivity index (χ2v) is 4.94. The van der Waals surface area contributed by atoms with Gasteiger partial charge in [-0.25, -0.2) is 0 Å². The monoisotopic (exact) mass is 251 g/mol. The molecule has 0 unspecified atom stereocenters. The standard InChI is InChI=1S/C14H21NO3/c1-10(17)13-11(7-6-8-12(13)18-5)15(4)14(2,3)9-16/h6-8,16H,9H2,1-5H3. The van der Waals surface area contributed by atoms with E-state index >= 15 is 0 Å². The summed E-state index contributed by atoms with van der Waals surface area (Å²) in [6.45, 7) is 5.34. The van der Waals surface area contributed by atoms with Crippen molar-refractivity contribution in [1.29, 1.82) is 0 Å². The number of ketones is 1. The number of benzene rings is 1. The Labute approximate surface area is 108 Å². The molecule has 0 saturated heterocycles. The van der Waals surface area contributed by atoms with Crippen LogP contribution in [0.2, 0.25) is 0 Å². The maximum atomic E-state index is 11.8. The Morgan fingerprint density at radius 2 is 2.06 bits per heavy atom. The van der Waals surface area contributed by atoms with Crippen molar-refractivity contribution in [2.75, 3.05) is 25.7 Å². The van der Waals surface area contributed by atoms with Crippen LogP contribution in [0.15, 0.2) is 18.2 Å². The van der Waals surface area contributed by atoms with E-state index in [1.165, 1.54) is 6.92 Å². The number of aliphatic hydroxyl groups excluding tert-OH is 1. The van der Waals surface area contributed by atoms with Gasteiger partial charge in [0.1, 0.15) is 5.75 Å². The van der Waals surface area contributed by atoms with Crippen molar-refractivity contribution in [3.05, 3.63) is 23.8 Å². The van der Waals surface area contributed by atoms with Gasteiger partial charge in [0.25, 0.3) is 0 Å². The molecule has 4 nitrogen and oxygen atoms in total. The van der Waals surface area contributed by atoms with Crippen molar-refractivity contribution < 1.29 is 14.6 Å². The lowest BCUT2D eigenvalue weighted by Gasteiger charge is -2.37. The Kier molecular flexibility index (Phi) is 4.35. The highest BCUT2D eigenvalue weighted by Crippen LogP contribution is 2.32. The third-order valence-corrected chi connectivity index (χ3v) is 3.23. The van der Waals surface area contributed by atoms with Crippen molar-refractivity contribution in [2.24, 2.45) is 0 Å². The molecule has 0 spiro atoms. The van der Waals surface area contributed by atoms with Gasteiger partial charge in [0.15, 0.2) is 5.78 Å². The summed E-state index contributed by atoms with van der Waals surface area (Å²) < 4.78 is 5.23. The predicted octanol–water partition coefficient (Wildman–Crippen LogP) is 2.10. The summed E-state index contributed by atoms with van der Waals surface area (Å²) in [6, 6.07) is 5.46. The van der Waals surface area contributed by atoms with E-state index in [1.54, 1.807) is 13.2 Å². The number of Topliss-reactive ketones (excluding diaryl/α,β-unsaturated/α-hetero) is 1. The van der Waals surface area contributed by atoms with Crippen molar-refractivity contribution >= 4 is 11.5 Å². The van der Waals surface area contributed by atoms with Gasteiger partial charge in [0, 0.05) is 7.05 Å². The molecule has 18 heavy (non-hydrogen) atoms. The topological polar surface area (TPSA) is 49.8 Å². The minimum Gasteiger partial charge on any atom is -0.496 e. The lowest BCUT2D eigenvalue weighted by molar-refractivity contribution is 0.101. The van der Waals surface area contributed by atoms with Crippen LogP contribution in [0.25, 0.3) is 0 Å². The first kappa shape index (κ1) is 14.5. The number of hydrogen-bond acceptors (Lipinski definition) is 4. The molecule has 4 heteroatoms. The predicted molar refractivity (Wildman–Crippen MR) is 72.6 cm³/mol. The second-order valence-electron chi connectivity index (χ2n) is 4.94. The van der Waals surface area contributed by atoms with Gasteiger partial charge >= 0.3 is 0 Å². The van der Waals surface area contributed by atoms with Gasteiger partial charge in [0.05, 0.1) is 30.5 Å². The van der Waals surface area contributed by atoms with Crippen LogP contribution >= 0.6 is 0 Å². The molecule has 0 bridgehead atoms. The molecule has 0 aliphatic carbocycles. The Bertz CT molecular complexity index is 441. The van der Waals surface area contributed by atoms with Crippen LogP contribution in [0.5, 0.6) is 5.75 Å². The van der Waals surface area contributed by atoms with Gasteiger partial charge in [-0.05, 0) is 32.9 Å². The number of carbonyl (C=O) groups is 1. The molecule has 0 aliphatic rings. The summed E-state index contributed by atoms with van der Waals surface area (Å²) in [5.41, 5.74) is 0.862. The maximum Gasteiger partial charge on any atom is 0.165 e. The van der Waals surface area contributed by atoms with Gasteiger partial charge < -0.3 is 14.7 Å². The Hall–Kier alpha value is -1.55. The van der Waals surface area contributed by atoms with Crippen molar-refractivity contribution in [3.8, 4) is 5.75 Å². The van der Waals surface area contributed by atoms with Crippen LogP contribution in [0, 0.1) is 0 Å². The molecule has 0 radical (unpaired) electrons. The minimum atomic E-state index is -0.448. The molecular formula is C14H21NO3. The SMILES string of the molecule is COc1cccc(N(C)C(C)(C)CO)c1C(C)=O. The number of methoxy groups -OCH3 is 1. The smallest absolute Gasteiger partial charge is 0.165 e. The molecule has 0 aliphatic heterocycles. The zero-order valence-corrected chi connectivity index (χ0v) is 11.7. The van der Waals surface area contributed by atoms with Crippen LogP contribution in [-0.4, -0.2) is 37.2 Å². The minimum absolute atomic E-state index is 0.00193. The molecule has 0 heterocycles. The first-order chi connectivity index (χ1) is 8.35. The lowest BCUT2D eigenvalue weighted by Crippen LogP contribution is -2.45. The number of hydrogen-bond donors (Lipinski definition) is 1. The Balaban J connectivity index is 3.36. The van der Waals surface area contributed by atoms with Gasteiger partial charge in [-0.2, -0.15) is 0 Å². The van der Waals surface area contributed by atoms with E-state index in [4.69, 9.17) is 4.74 Å². The van der Waals surface area contributed by atoms with Crippen LogP contribution < -0.4 is 9.64 Å². The molecule has 100 valence electrons. The quantitative estimate of drug-likeness (QED) is 0.814. The number of nitrogens with zero attached hydrogens (tertiary/aromatic N) is 1. The second kappa shape index (κ2) is 5.40. The molecule has 0 atom stereocenters. The van der Waals surface area contributed by atoms with Gasteiger partial charge in [-0.15, -0.1) is 0 Å². The average molecular weight is 251 g/mol. The highest BCUT2D eigenvalue weighted by atomic mass is 16.5. The van der Waals surface area contributed by atoms with Crippen molar-refractivity contribution in [3.63, 3.8) is 0 Å². The first-order valence-electron chi connectivity index (χ1n) is 5.87. The normalized spacial score (nSPS) is 11.2. The molecule has 1 aromatic rings. The van der Waals surface area contributed by atoms with E-state index in [0.29, 0.717) is 11.3 Å². The molecule has 1 rings (SSSR count). The number of likely N-dealkylation sites (N-methyl/N-ethyl adjacent to an activating group) is 1. The number of ether oxygens (including phenoxy) is 1. The highest BCUT2D eigenvalue weighted by molar-refractivity contribution is 6.02. The molecule has 0 amide bonds. The molecule has 0 aromatic heterocycles. The Morgan fingerprint density at radius 3 is 2.50 bits per heavy atom. The van der Waals surface area contributed by atoms with E-state index in [9.17, 15) is 9.90 Å². The summed E-state index contributed by atoms with van der Waals surface area (Å²) in [5, 5.41) is 9.42. The summed E-state index contributed by atoms with van der Waals surface area (Å²) in [6.07, 6.45) is 0. The maximum absolute atomic E-state index is 11.8. The number of anilines is 1. The molecule has 0 saturated carbocycles. The highest BCUT2D eigenvalue weighted by Gasteiger charge is 2.26. The van der Waals surface area contributed by atoms with Crippen LogP contribution in [0.4, 0.5) is 5.69 Å². The fraction of sp³-hybridized carbons (Fsp3) is 0.500. The molecule has 1 N–H and O–H groups in total. The van der Waals surface area contributed by atoms with Crippen molar-refractivity contribution in [1.82, 2.24) is 0 Å². The summed E-state index contributed by atoms with van der Waals surface area (Å²) in [4.78, 5) is 13.7. The summed E-state index contributed by atoms with van der Waals surface area (Å²) >= 11 is 0. The number of aliphatic hydroxyl groups is 1. The van der Waals surface area contributed by atoms with Gasteiger partial charge in [-0.3, -0.25) is 4.79 Å². The molecule has 0 fully saturated rings. The third kappa shape index (κ3) is 2.64. The van der Waals surface area contributed by atoms with Gasteiger partial charge in [0.2, 0.25) is 0 Å². The number of carbonyl (C=O) groups excluding carboxylic acids is 1. The van der Waals surface area contributed by atoms with E-state index in [-0.39, 0.29) is 12.4 Å². The first-order valence-corrected chi connectivity index (χ1v) is 5.87. The van der Waals surface area contributed by atoms with Crippen molar-refractivity contribution in [2.45, 2.75) is 26.3 Å². The third-order valence-electron chi connectivity index (χ3n) is 3.23.